The van der Waals surface area contributed by atoms with E-state index < -0.39 is 0 Å². The zero-order valence-electron chi connectivity index (χ0n) is 11.4. The molecule has 2 aromatic carbocycles. The van der Waals surface area contributed by atoms with E-state index in [1.165, 1.54) is 6.92 Å². The standard InChI is InChI=1S/C17H13NO3/c1-11(20)18-16-9-13(17-7-6-14(10-19)21-17)8-12-4-2-3-5-15(12)16/h2-10H,1H3,(H,18,20). The lowest BCUT2D eigenvalue weighted by atomic mass is 10.0. The minimum absolute atomic E-state index is 0.134. The lowest BCUT2D eigenvalue weighted by Crippen LogP contribution is -2.06. The van der Waals surface area contributed by atoms with Crippen molar-refractivity contribution in [1.29, 1.82) is 0 Å². The van der Waals surface area contributed by atoms with E-state index in [1.54, 1.807) is 12.1 Å². The molecular formula is C17H13NO3. The molecule has 0 aliphatic heterocycles. The monoisotopic (exact) mass is 279 g/mol. The minimum Gasteiger partial charge on any atom is -0.453 e. The number of fused-ring (bicyclic) bond motifs is 1. The molecule has 0 spiro atoms. The van der Waals surface area contributed by atoms with Crippen molar-refractivity contribution in [3.05, 3.63) is 54.3 Å². The van der Waals surface area contributed by atoms with Crippen molar-refractivity contribution < 1.29 is 14.0 Å². The van der Waals surface area contributed by atoms with Gasteiger partial charge in [-0.3, -0.25) is 9.59 Å². The van der Waals surface area contributed by atoms with Crippen LogP contribution in [0.1, 0.15) is 17.5 Å². The van der Waals surface area contributed by atoms with Crippen LogP contribution in [0.25, 0.3) is 22.1 Å². The predicted molar refractivity (Wildman–Crippen MR) is 81.3 cm³/mol. The van der Waals surface area contributed by atoms with Gasteiger partial charge in [0.2, 0.25) is 5.91 Å². The molecule has 0 aliphatic rings. The number of hydrogen-bond donors (Lipinski definition) is 1. The second-order valence-electron chi connectivity index (χ2n) is 4.75. The first-order valence-corrected chi connectivity index (χ1v) is 6.53. The van der Waals surface area contributed by atoms with Gasteiger partial charge in [0.1, 0.15) is 5.76 Å². The average Bonchev–Trinajstić information content (AvgIpc) is 2.95. The van der Waals surface area contributed by atoms with Crippen molar-refractivity contribution >= 4 is 28.7 Å². The van der Waals surface area contributed by atoms with Crippen molar-refractivity contribution in [3.63, 3.8) is 0 Å². The van der Waals surface area contributed by atoms with Crippen LogP contribution in [0, 0.1) is 0 Å². The number of amides is 1. The van der Waals surface area contributed by atoms with E-state index >= 15 is 0 Å². The van der Waals surface area contributed by atoms with Gasteiger partial charge in [-0.15, -0.1) is 0 Å². The Balaban J connectivity index is 2.19. The smallest absolute Gasteiger partial charge is 0.221 e. The first kappa shape index (κ1) is 13.1. The van der Waals surface area contributed by atoms with Crippen molar-refractivity contribution in [2.45, 2.75) is 6.92 Å². The molecule has 0 bridgehead atoms. The summed E-state index contributed by atoms with van der Waals surface area (Å²) in [5, 5.41) is 4.77. The number of nitrogens with one attached hydrogen (secondary N) is 1. The lowest BCUT2D eigenvalue weighted by molar-refractivity contribution is -0.114. The second kappa shape index (κ2) is 5.25. The number of benzene rings is 2. The molecule has 0 unspecified atom stereocenters. The molecule has 1 aromatic heterocycles. The third kappa shape index (κ3) is 2.56. The molecule has 0 atom stereocenters. The number of rotatable bonds is 3. The fourth-order valence-electron chi connectivity index (χ4n) is 2.32. The second-order valence-corrected chi connectivity index (χ2v) is 4.75. The first-order chi connectivity index (χ1) is 10.2. The van der Waals surface area contributed by atoms with Crippen LogP contribution >= 0.6 is 0 Å². The van der Waals surface area contributed by atoms with Crippen molar-refractivity contribution in [2.75, 3.05) is 5.32 Å². The third-order valence-electron chi connectivity index (χ3n) is 3.20. The van der Waals surface area contributed by atoms with Gasteiger partial charge < -0.3 is 9.73 Å². The van der Waals surface area contributed by atoms with E-state index in [-0.39, 0.29) is 11.7 Å². The van der Waals surface area contributed by atoms with Gasteiger partial charge in [-0.2, -0.15) is 0 Å². The highest BCUT2D eigenvalue weighted by molar-refractivity contribution is 6.03. The van der Waals surface area contributed by atoms with Gasteiger partial charge in [0, 0.05) is 23.6 Å². The lowest BCUT2D eigenvalue weighted by Gasteiger charge is -2.09. The van der Waals surface area contributed by atoms with Crippen LogP contribution in [0.15, 0.2) is 52.9 Å². The molecule has 4 nitrogen and oxygen atoms in total. The molecule has 104 valence electrons. The minimum atomic E-state index is -0.134. The summed E-state index contributed by atoms with van der Waals surface area (Å²) in [4.78, 5) is 22.1. The molecule has 4 heteroatoms. The van der Waals surface area contributed by atoms with Crippen molar-refractivity contribution in [2.24, 2.45) is 0 Å². The Morgan fingerprint density at radius 2 is 1.95 bits per heavy atom. The SMILES string of the molecule is CC(=O)Nc1cc(-c2ccc(C=O)o2)cc2ccccc12. The summed E-state index contributed by atoms with van der Waals surface area (Å²) in [6.07, 6.45) is 0.666. The Morgan fingerprint density at radius 1 is 1.14 bits per heavy atom. The van der Waals surface area contributed by atoms with Gasteiger partial charge in [0.15, 0.2) is 12.0 Å². The molecule has 1 amide bonds. The van der Waals surface area contributed by atoms with Crippen LogP contribution in [-0.4, -0.2) is 12.2 Å². The highest BCUT2D eigenvalue weighted by Gasteiger charge is 2.09. The topological polar surface area (TPSA) is 59.3 Å². The molecule has 0 saturated carbocycles. The average molecular weight is 279 g/mol. The van der Waals surface area contributed by atoms with E-state index in [0.29, 0.717) is 12.0 Å². The molecule has 0 fully saturated rings. The molecule has 21 heavy (non-hydrogen) atoms. The predicted octanol–water partition coefficient (Wildman–Crippen LogP) is 3.87. The molecule has 0 aliphatic carbocycles. The van der Waals surface area contributed by atoms with Gasteiger partial charge in [-0.05, 0) is 29.7 Å². The van der Waals surface area contributed by atoms with Crippen LogP contribution in [0.2, 0.25) is 0 Å². The molecule has 1 heterocycles. The highest BCUT2D eigenvalue weighted by atomic mass is 16.3. The Hall–Kier alpha value is -2.88. The highest BCUT2D eigenvalue weighted by Crippen LogP contribution is 2.31. The van der Waals surface area contributed by atoms with Crippen LogP contribution in [0.5, 0.6) is 0 Å². The molecule has 0 radical (unpaired) electrons. The van der Waals surface area contributed by atoms with Crippen molar-refractivity contribution in [1.82, 2.24) is 0 Å². The number of carbonyl (C=O) groups is 2. The summed E-state index contributed by atoms with van der Waals surface area (Å²) in [6, 6.07) is 14.9. The third-order valence-corrected chi connectivity index (χ3v) is 3.20. The van der Waals surface area contributed by atoms with Gasteiger partial charge >= 0.3 is 0 Å². The zero-order chi connectivity index (χ0) is 14.8. The van der Waals surface area contributed by atoms with Crippen LogP contribution in [0.3, 0.4) is 0 Å². The van der Waals surface area contributed by atoms with Gasteiger partial charge in [-0.25, -0.2) is 0 Å². The molecule has 0 saturated heterocycles. The summed E-state index contributed by atoms with van der Waals surface area (Å²) >= 11 is 0. The Bertz CT molecular complexity index is 833. The van der Waals surface area contributed by atoms with Gasteiger partial charge in [-0.1, -0.05) is 24.3 Å². The quantitative estimate of drug-likeness (QED) is 0.740. The summed E-state index contributed by atoms with van der Waals surface area (Å²) in [6.45, 7) is 1.47. The van der Waals surface area contributed by atoms with Gasteiger partial charge in [0.05, 0.1) is 0 Å². The van der Waals surface area contributed by atoms with Crippen molar-refractivity contribution in [3.8, 4) is 11.3 Å². The number of anilines is 1. The Kier molecular flexibility index (Phi) is 3.28. The summed E-state index contributed by atoms with van der Waals surface area (Å²) in [5.41, 5.74) is 1.53. The van der Waals surface area contributed by atoms with Crippen LogP contribution in [-0.2, 0) is 4.79 Å². The number of aldehydes is 1. The van der Waals surface area contributed by atoms with E-state index in [1.807, 2.05) is 36.4 Å². The normalized spacial score (nSPS) is 10.5. The number of hydrogen-bond acceptors (Lipinski definition) is 3. The molecule has 1 N–H and O–H groups in total. The van der Waals surface area contributed by atoms with Crippen LogP contribution in [0.4, 0.5) is 5.69 Å². The first-order valence-electron chi connectivity index (χ1n) is 6.53. The van der Waals surface area contributed by atoms with Crippen LogP contribution < -0.4 is 5.32 Å². The summed E-state index contributed by atoms with van der Waals surface area (Å²) in [5.74, 6) is 0.735. The summed E-state index contributed by atoms with van der Waals surface area (Å²) in [7, 11) is 0. The maximum atomic E-state index is 11.4. The van der Waals surface area contributed by atoms with E-state index in [0.717, 1.165) is 22.0 Å². The number of furan rings is 1. The zero-order valence-corrected chi connectivity index (χ0v) is 11.4. The number of carbonyl (C=O) groups excluding carboxylic acids is 2. The van der Waals surface area contributed by atoms with Gasteiger partial charge in [0.25, 0.3) is 0 Å². The Morgan fingerprint density at radius 3 is 2.67 bits per heavy atom. The fourth-order valence-corrected chi connectivity index (χ4v) is 2.32. The summed E-state index contributed by atoms with van der Waals surface area (Å²) < 4.78 is 5.45. The maximum Gasteiger partial charge on any atom is 0.221 e. The fraction of sp³-hybridized carbons (Fsp3) is 0.0588. The molecule has 3 rings (SSSR count). The molecule has 3 aromatic rings. The van der Waals surface area contributed by atoms with E-state index in [9.17, 15) is 9.59 Å². The Labute approximate surface area is 121 Å². The van der Waals surface area contributed by atoms with E-state index in [4.69, 9.17) is 4.42 Å². The maximum absolute atomic E-state index is 11.4. The van der Waals surface area contributed by atoms with E-state index in [2.05, 4.69) is 5.32 Å². The largest absolute Gasteiger partial charge is 0.453 e. The molecular weight excluding hydrogens is 266 g/mol.